The Morgan fingerprint density at radius 1 is 1.17 bits per heavy atom. The van der Waals surface area contributed by atoms with E-state index in [9.17, 15) is 0 Å². The van der Waals surface area contributed by atoms with Crippen molar-refractivity contribution in [1.82, 2.24) is 4.98 Å². The lowest BCUT2D eigenvalue weighted by Crippen LogP contribution is -2.07. The molecule has 1 rings (SSSR count). The molecule has 5 nitrogen and oxygen atoms in total. The van der Waals surface area contributed by atoms with E-state index in [2.05, 4.69) is 4.98 Å². The third kappa shape index (κ3) is 6.54. The van der Waals surface area contributed by atoms with Crippen LogP contribution in [0.4, 0.5) is 0 Å². The van der Waals surface area contributed by atoms with Crippen LogP contribution < -0.4 is 10.5 Å². The number of aromatic nitrogens is 1. The molecule has 2 N–H and O–H groups in total. The molecule has 0 amide bonds. The second-order valence-corrected chi connectivity index (χ2v) is 3.83. The quantitative estimate of drug-likeness (QED) is 0.631. The number of hydrogen-bond donors (Lipinski definition) is 1. The molecule has 0 atom stereocenters. The van der Waals surface area contributed by atoms with Gasteiger partial charge in [-0.25, -0.2) is 0 Å². The summed E-state index contributed by atoms with van der Waals surface area (Å²) < 4.78 is 15.7. The highest BCUT2D eigenvalue weighted by Gasteiger charge is 1.96. The summed E-state index contributed by atoms with van der Waals surface area (Å²) in [6.07, 6.45) is 3.39. The van der Waals surface area contributed by atoms with Crippen LogP contribution in [-0.2, 0) is 15.9 Å². The van der Waals surface area contributed by atoms with Gasteiger partial charge < -0.3 is 19.9 Å². The van der Waals surface area contributed by atoms with Crippen LogP contribution in [0.5, 0.6) is 5.75 Å². The number of rotatable bonds is 10. The summed E-state index contributed by atoms with van der Waals surface area (Å²) in [6, 6.07) is 3.86. The Hall–Kier alpha value is -1.17. The molecule has 0 unspecified atom stereocenters. The summed E-state index contributed by atoms with van der Waals surface area (Å²) in [4.78, 5) is 4.26. The largest absolute Gasteiger partial charge is 0.492 e. The van der Waals surface area contributed by atoms with E-state index in [1.165, 1.54) is 0 Å². The van der Waals surface area contributed by atoms with Gasteiger partial charge in [-0.2, -0.15) is 0 Å². The number of hydrogen-bond acceptors (Lipinski definition) is 5. The summed E-state index contributed by atoms with van der Waals surface area (Å²) in [5.41, 5.74) is 6.45. The van der Waals surface area contributed by atoms with Crippen molar-refractivity contribution in [2.45, 2.75) is 12.8 Å². The second kappa shape index (κ2) is 9.82. The Bertz CT molecular complexity index is 304. The van der Waals surface area contributed by atoms with Crippen LogP contribution in [0.25, 0.3) is 0 Å². The molecule has 18 heavy (non-hydrogen) atoms. The van der Waals surface area contributed by atoms with E-state index < -0.39 is 0 Å². The van der Waals surface area contributed by atoms with E-state index in [-0.39, 0.29) is 0 Å². The molecule has 0 saturated carbocycles. The van der Waals surface area contributed by atoms with Gasteiger partial charge in [0.1, 0.15) is 5.75 Å². The Morgan fingerprint density at radius 3 is 2.72 bits per heavy atom. The predicted molar refractivity (Wildman–Crippen MR) is 69.8 cm³/mol. The van der Waals surface area contributed by atoms with Gasteiger partial charge in [-0.1, -0.05) is 0 Å². The Labute approximate surface area is 108 Å². The third-order valence-corrected chi connectivity index (χ3v) is 2.33. The molecule has 0 fully saturated rings. The maximum atomic E-state index is 5.54. The minimum atomic E-state index is 0.617. The summed E-state index contributed by atoms with van der Waals surface area (Å²) in [7, 11) is 1.66. The lowest BCUT2D eigenvalue weighted by atomic mass is 10.3. The van der Waals surface area contributed by atoms with Crippen molar-refractivity contribution in [3.63, 3.8) is 0 Å². The van der Waals surface area contributed by atoms with Gasteiger partial charge in [-0.05, 0) is 18.7 Å². The van der Waals surface area contributed by atoms with Crippen molar-refractivity contribution in [3.05, 3.63) is 24.0 Å². The summed E-state index contributed by atoms with van der Waals surface area (Å²) in [6.45, 7) is 3.19. The number of methoxy groups -OCH3 is 1. The molecule has 0 spiro atoms. The average molecular weight is 254 g/mol. The highest BCUT2D eigenvalue weighted by Crippen LogP contribution is 2.09. The second-order valence-electron chi connectivity index (χ2n) is 3.83. The van der Waals surface area contributed by atoms with Gasteiger partial charge in [0, 0.05) is 32.3 Å². The zero-order chi connectivity index (χ0) is 13.1. The number of pyridine rings is 1. The van der Waals surface area contributed by atoms with Crippen molar-refractivity contribution in [3.8, 4) is 5.75 Å². The van der Waals surface area contributed by atoms with E-state index in [1.807, 2.05) is 12.1 Å². The summed E-state index contributed by atoms with van der Waals surface area (Å²) in [5, 5.41) is 0. The number of nitrogens with zero attached hydrogens (tertiary/aromatic N) is 1. The van der Waals surface area contributed by atoms with Crippen molar-refractivity contribution >= 4 is 0 Å². The van der Waals surface area contributed by atoms with Gasteiger partial charge in [0.05, 0.1) is 26.0 Å². The van der Waals surface area contributed by atoms with E-state index >= 15 is 0 Å². The molecule has 0 aliphatic heterocycles. The van der Waals surface area contributed by atoms with Gasteiger partial charge in [-0.15, -0.1) is 0 Å². The van der Waals surface area contributed by atoms with Gasteiger partial charge in [-0.3, -0.25) is 4.98 Å². The average Bonchev–Trinajstić information content (AvgIpc) is 2.40. The van der Waals surface area contributed by atoms with Crippen LogP contribution in [0.2, 0.25) is 0 Å². The molecular formula is C13H22N2O3. The molecule has 5 heteroatoms. The molecule has 0 aromatic carbocycles. The van der Waals surface area contributed by atoms with E-state index in [4.69, 9.17) is 19.9 Å². The topological polar surface area (TPSA) is 66.6 Å². The lowest BCUT2D eigenvalue weighted by Gasteiger charge is -2.07. The summed E-state index contributed by atoms with van der Waals surface area (Å²) >= 11 is 0. The maximum Gasteiger partial charge on any atom is 0.137 e. The normalized spacial score (nSPS) is 10.6. The molecule has 1 aromatic heterocycles. The van der Waals surface area contributed by atoms with Crippen LogP contribution >= 0.6 is 0 Å². The zero-order valence-electron chi connectivity index (χ0n) is 10.9. The fourth-order valence-electron chi connectivity index (χ4n) is 1.39. The van der Waals surface area contributed by atoms with Crippen molar-refractivity contribution in [2.24, 2.45) is 5.73 Å². The molecule has 102 valence electrons. The smallest absolute Gasteiger partial charge is 0.137 e. The number of ether oxygens (including phenoxy) is 3. The zero-order valence-corrected chi connectivity index (χ0v) is 10.9. The highest BCUT2D eigenvalue weighted by molar-refractivity contribution is 5.19. The van der Waals surface area contributed by atoms with Crippen LogP contribution in [0.1, 0.15) is 12.1 Å². The number of nitrogens with two attached hydrogens (primary N) is 1. The monoisotopic (exact) mass is 254 g/mol. The van der Waals surface area contributed by atoms with Gasteiger partial charge in [0.25, 0.3) is 0 Å². The molecule has 1 aromatic rings. The van der Waals surface area contributed by atoms with Crippen LogP contribution in [0.15, 0.2) is 18.3 Å². The first kappa shape index (κ1) is 14.9. The van der Waals surface area contributed by atoms with Gasteiger partial charge in [0.2, 0.25) is 0 Å². The lowest BCUT2D eigenvalue weighted by molar-refractivity contribution is 0.0644. The minimum absolute atomic E-state index is 0.617. The van der Waals surface area contributed by atoms with Crippen molar-refractivity contribution < 1.29 is 14.2 Å². The molecule has 1 heterocycles. The molecule has 0 radical (unpaired) electrons. The van der Waals surface area contributed by atoms with Gasteiger partial charge in [0.15, 0.2) is 0 Å². The molecule has 0 aliphatic carbocycles. The minimum Gasteiger partial charge on any atom is -0.492 e. The standard InChI is InChI=1S/C13H22N2O3/c1-16-9-10-17-7-2-8-18-13-4-3-12(5-6-14)15-11-13/h3-4,11H,2,5-10,14H2,1H3. The first-order valence-corrected chi connectivity index (χ1v) is 6.21. The molecule has 0 bridgehead atoms. The van der Waals surface area contributed by atoms with Crippen molar-refractivity contribution in [1.29, 1.82) is 0 Å². The SMILES string of the molecule is COCCOCCCOc1ccc(CCN)nc1. The van der Waals surface area contributed by atoms with Gasteiger partial charge >= 0.3 is 0 Å². The highest BCUT2D eigenvalue weighted by atomic mass is 16.5. The Balaban J connectivity index is 2.08. The van der Waals surface area contributed by atoms with Crippen LogP contribution in [-0.4, -0.2) is 45.1 Å². The molecular weight excluding hydrogens is 232 g/mol. The fraction of sp³-hybridized carbons (Fsp3) is 0.615. The van der Waals surface area contributed by atoms with Crippen LogP contribution in [0.3, 0.4) is 0 Å². The molecule has 0 aliphatic rings. The molecule has 0 saturated heterocycles. The maximum absolute atomic E-state index is 5.54. The van der Waals surface area contributed by atoms with E-state index in [1.54, 1.807) is 13.3 Å². The fourth-order valence-corrected chi connectivity index (χ4v) is 1.39. The van der Waals surface area contributed by atoms with E-state index in [0.717, 1.165) is 24.3 Å². The summed E-state index contributed by atoms with van der Waals surface area (Å²) in [5.74, 6) is 0.785. The Kier molecular flexibility index (Phi) is 8.12. The van der Waals surface area contributed by atoms with Crippen LogP contribution in [0, 0.1) is 0 Å². The van der Waals surface area contributed by atoms with E-state index in [0.29, 0.717) is 33.0 Å². The predicted octanol–water partition coefficient (Wildman–Crippen LogP) is 1.01. The first-order chi connectivity index (χ1) is 8.86. The third-order valence-electron chi connectivity index (χ3n) is 2.33. The first-order valence-electron chi connectivity index (χ1n) is 6.21. The Morgan fingerprint density at radius 2 is 2.06 bits per heavy atom. The van der Waals surface area contributed by atoms with Crippen molar-refractivity contribution in [2.75, 3.05) is 40.1 Å².